The van der Waals surface area contributed by atoms with Gasteiger partial charge in [-0.2, -0.15) is 13.2 Å². The van der Waals surface area contributed by atoms with Gasteiger partial charge >= 0.3 is 6.18 Å². The summed E-state index contributed by atoms with van der Waals surface area (Å²) in [5.74, 6) is 0.523. The molecule has 0 bridgehead atoms. The lowest BCUT2D eigenvalue weighted by Crippen LogP contribution is -2.41. The van der Waals surface area contributed by atoms with Crippen molar-refractivity contribution in [1.29, 1.82) is 0 Å². The molecule has 5 rings (SSSR count). The topological polar surface area (TPSA) is 19.4 Å². The van der Waals surface area contributed by atoms with Crippen molar-refractivity contribution in [2.45, 2.75) is 63.1 Å². The Labute approximate surface area is 182 Å². The summed E-state index contributed by atoms with van der Waals surface area (Å²) in [6.07, 6.45) is 5.46. The molecule has 166 valence electrons. The minimum atomic E-state index is -4.38. The minimum absolute atomic E-state index is 0.523. The van der Waals surface area contributed by atoms with Gasteiger partial charge in [0.2, 0.25) is 0 Å². The van der Waals surface area contributed by atoms with Crippen molar-refractivity contribution in [2.24, 2.45) is 0 Å². The molecule has 0 N–H and O–H groups in total. The lowest BCUT2D eigenvalue weighted by molar-refractivity contribution is -0.141. The average molecular weight is 430 g/mol. The van der Waals surface area contributed by atoms with Crippen molar-refractivity contribution < 1.29 is 13.2 Å². The van der Waals surface area contributed by atoms with E-state index in [0.717, 1.165) is 56.6 Å². The molecule has 1 saturated carbocycles. The van der Waals surface area contributed by atoms with Gasteiger partial charge in [-0.05, 0) is 73.3 Å². The molecule has 0 unspecified atom stereocenters. The van der Waals surface area contributed by atoms with E-state index in [0.29, 0.717) is 5.92 Å². The highest BCUT2D eigenvalue weighted by atomic mass is 19.4. The molecule has 3 heterocycles. The van der Waals surface area contributed by atoms with E-state index in [9.17, 15) is 13.2 Å². The summed E-state index contributed by atoms with van der Waals surface area (Å²) >= 11 is 0. The van der Waals surface area contributed by atoms with Crippen LogP contribution in [0.4, 0.5) is 18.9 Å². The summed E-state index contributed by atoms with van der Waals surface area (Å²) in [5.41, 5.74) is 4.42. The van der Waals surface area contributed by atoms with Gasteiger partial charge in [0.15, 0.2) is 0 Å². The Morgan fingerprint density at radius 3 is 2.19 bits per heavy atom. The van der Waals surface area contributed by atoms with Crippen LogP contribution in [0.2, 0.25) is 0 Å². The van der Waals surface area contributed by atoms with Crippen molar-refractivity contribution in [2.75, 3.05) is 31.1 Å². The SMILES string of the molecule is FC(F)(F)c1ccc(N2CCC(c3ccc4c(c3)CCN(C3CCC3)CC4)CC2)cn1. The molecule has 3 aliphatic rings. The summed E-state index contributed by atoms with van der Waals surface area (Å²) < 4.78 is 38.2. The van der Waals surface area contributed by atoms with E-state index < -0.39 is 11.9 Å². The summed E-state index contributed by atoms with van der Waals surface area (Å²) in [6, 6.07) is 10.6. The van der Waals surface area contributed by atoms with Gasteiger partial charge in [-0.3, -0.25) is 4.90 Å². The first-order valence-corrected chi connectivity index (χ1v) is 11.6. The highest BCUT2D eigenvalue weighted by molar-refractivity contribution is 5.46. The van der Waals surface area contributed by atoms with Crippen LogP contribution in [0.5, 0.6) is 0 Å². The van der Waals surface area contributed by atoms with Crippen LogP contribution in [0, 0.1) is 0 Å². The standard InChI is InChI=1S/C25H30F3N3/c26-25(27,28)24-7-6-23(17-29-24)31-13-9-19(10-14-31)20-5-4-18-8-12-30(22-2-1-3-22)15-11-21(18)16-20/h4-7,16-17,19,22H,1-3,8-15H2. The second kappa shape index (κ2) is 8.45. The van der Waals surface area contributed by atoms with Crippen LogP contribution >= 0.6 is 0 Å². The van der Waals surface area contributed by atoms with Crippen LogP contribution in [0.1, 0.15) is 60.4 Å². The molecule has 1 aromatic heterocycles. The van der Waals surface area contributed by atoms with Crippen LogP contribution in [0.3, 0.4) is 0 Å². The van der Waals surface area contributed by atoms with Gasteiger partial charge in [-0.15, -0.1) is 0 Å². The van der Waals surface area contributed by atoms with Crippen molar-refractivity contribution in [3.05, 3.63) is 58.9 Å². The summed E-state index contributed by atoms with van der Waals surface area (Å²) in [4.78, 5) is 8.47. The van der Waals surface area contributed by atoms with Gasteiger partial charge in [-0.1, -0.05) is 24.6 Å². The van der Waals surface area contributed by atoms with Gasteiger partial charge < -0.3 is 4.90 Å². The fourth-order valence-electron chi connectivity index (χ4n) is 5.35. The Kier molecular flexibility index (Phi) is 5.67. The van der Waals surface area contributed by atoms with Gasteiger partial charge in [-0.25, -0.2) is 4.98 Å². The van der Waals surface area contributed by atoms with Crippen LogP contribution in [-0.2, 0) is 19.0 Å². The van der Waals surface area contributed by atoms with Crippen molar-refractivity contribution in [3.63, 3.8) is 0 Å². The van der Waals surface area contributed by atoms with E-state index in [2.05, 4.69) is 33.0 Å². The zero-order chi connectivity index (χ0) is 21.4. The normalized spacial score (nSPS) is 21.5. The molecule has 6 heteroatoms. The molecule has 0 atom stereocenters. The van der Waals surface area contributed by atoms with Crippen molar-refractivity contribution >= 4 is 5.69 Å². The number of hydrogen-bond donors (Lipinski definition) is 0. The predicted molar refractivity (Wildman–Crippen MR) is 116 cm³/mol. The first kappa shape index (κ1) is 20.8. The van der Waals surface area contributed by atoms with E-state index in [1.165, 1.54) is 55.2 Å². The second-order valence-corrected chi connectivity index (χ2v) is 9.31. The first-order valence-electron chi connectivity index (χ1n) is 11.6. The van der Waals surface area contributed by atoms with E-state index in [4.69, 9.17) is 0 Å². The third-order valence-corrected chi connectivity index (χ3v) is 7.53. The third kappa shape index (κ3) is 4.45. The molecule has 31 heavy (non-hydrogen) atoms. The van der Waals surface area contributed by atoms with E-state index >= 15 is 0 Å². The van der Waals surface area contributed by atoms with Gasteiger partial charge in [0, 0.05) is 32.2 Å². The van der Waals surface area contributed by atoms with Crippen LogP contribution in [0.15, 0.2) is 36.5 Å². The predicted octanol–water partition coefficient (Wildman–Crippen LogP) is 5.44. The van der Waals surface area contributed by atoms with Gasteiger partial charge in [0.05, 0.1) is 11.9 Å². The average Bonchev–Trinajstić information content (AvgIpc) is 2.94. The molecular formula is C25H30F3N3. The van der Waals surface area contributed by atoms with Gasteiger partial charge in [0.25, 0.3) is 0 Å². The quantitative estimate of drug-likeness (QED) is 0.648. The van der Waals surface area contributed by atoms with Crippen LogP contribution < -0.4 is 4.90 Å². The fraction of sp³-hybridized carbons (Fsp3) is 0.560. The monoisotopic (exact) mass is 429 g/mol. The number of fused-ring (bicyclic) bond motifs is 1. The number of piperidine rings is 1. The molecule has 1 saturated heterocycles. The third-order valence-electron chi connectivity index (χ3n) is 7.53. The molecular weight excluding hydrogens is 399 g/mol. The number of alkyl halides is 3. The summed E-state index contributed by atoms with van der Waals surface area (Å²) in [6.45, 7) is 4.07. The van der Waals surface area contributed by atoms with E-state index in [1.807, 2.05) is 0 Å². The second-order valence-electron chi connectivity index (χ2n) is 9.31. The number of benzene rings is 1. The Morgan fingerprint density at radius 1 is 0.839 bits per heavy atom. The van der Waals surface area contributed by atoms with E-state index in [-0.39, 0.29) is 0 Å². The van der Waals surface area contributed by atoms with Crippen LogP contribution in [0.25, 0.3) is 0 Å². The maximum Gasteiger partial charge on any atom is 0.433 e. The Balaban J connectivity index is 1.21. The van der Waals surface area contributed by atoms with Gasteiger partial charge in [0.1, 0.15) is 5.69 Å². The number of hydrogen-bond acceptors (Lipinski definition) is 3. The molecule has 0 spiro atoms. The number of pyridine rings is 1. The maximum atomic E-state index is 12.7. The fourth-order valence-corrected chi connectivity index (χ4v) is 5.35. The lowest BCUT2D eigenvalue weighted by Gasteiger charge is -2.36. The molecule has 0 radical (unpaired) electrons. The maximum absolute atomic E-state index is 12.7. The van der Waals surface area contributed by atoms with Crippen LogP contribution in [-0.4, -0.2) is 42.1 Å². The molecule has 1 aromatic carbocycles. The Morgan fingerprint density at radius 2 is 1.58 bits per heavy atom. The Bertz CT molecular complexity index is 897. The molecule has 3 nitrogen and oxygen atoms in total. The molecule has 2 fully saturated rings. The number of anilines is 1. The van der Waals surface area contributed by atoms with Crippen molar-refractivity contribution in [3.8, 4) is 0 Å². The van der Waals surface area contributed by atoms with Crippen molar-refractivity contribution in [1.82, 2.24) is 9.88 Å². The zero-order valence-electron chi connectivity index (χ0n) is 17.9. The minimum Gasteiger partial charge on any atom is -0.370 e. The number of halogens is 3. The zero-order valence-corrected chi connectivity index (χ0v) is 17.9. The smallest absolute Gasteiger partial charge is 0.370 e. The largest absolute Gasteiger partial charge is 0.433 e. The highest BCUT2D eigenvalue weighted by Gasteiger charge is 2.32. The summed E-state index contributed by atoms with van der Waals surface area (Å²) in [7, 11) is 0. The summed E-state index contributed by atoms with van der Waals surface area (Å²) in [5, 5.41) is 0. The Hall–Kier alpha value is -2.08. The first-order chi connectivity index (χ1) is 15.0. The molecule has 2 aromatic rings. The highest BCUT2D eigenvalue weighted by Crippen LogP contribution is 2.34. The van der Waals surface area contributed by atoms with E-state index in [1.54, 1.807) is 6.07 Å². The lowest BCUT2D eigenvalue weighted by atomic mass is 9.86. The molecule has 2 aliphatic heterocycles. The molecule has 0 amide bonds. The molecule has 1 aliphatic carbocycles. The number of nitrogens with zero attached hydrogens (tertiary/aromatic N) is 3. The number of rotatable bonds is 3. The number of aromatic nitrogens is 1.